The van der Waals surface area contributed by atoms with Gasteiger partial charge in [-0.1, -0.05) is 29.5 Å². The number of hydrogen-bond acceptors (Lipinski definition) is 6. The second-order valence-electron chi connectivity index (χ2n) is 4.34. The molecule has 8 nitrogen and oxygen atoms in total. The van der Waals surface area contributed by atoms with Crippen molar-refractivity contribution in [3.63, 3.8) is 0 Å². The summed E-state index contributed by atoms with van der Waals surface area (Å²) in [7, 11) is -3.51. The topological polar surface area (TPSA) is 121 Å². The number of aliphatic hydroxyl groups is 1. The Kier molecular flexibility index (Phi) is 4.42. The van der Waals surface area contributed by atoms with E-state index in [-0.39, 0.29) is 18.2 Å². The Morgan fingerprint density at radius 2 is 1.95 bits per heavy atom. The maximum atomic E-state index is 12.0. The van der Waals surface area contributed by atoms with Gasteiger partial charge >= 0.3 is 0 Å². The molecule has 1 unspecified atom stereocenters. The van der Waals surface area contributed by atoms with Crippen LogP contribution in [0.15, 0.2) is 24.3 Å². The number of tetrazole rings is 1. The average Bonchev–Trinajstić information content (AvgIpc) is 2.92. The van der Waals surface area contributed by atoms with E-state index >= 15 is 0 Å². The van der Waals surface area contributed by atoms with Crippen molar-refractivity contribution in [2.45, 2.75) is 25.3 Å². The molecule has 108 valence electrons. The summed E-state index contributed by atoms with van der Waals surface area (Å²) in [6, 6.07) is 6.16. The molecule has 1 aromatic carbocycles. The van der Waals surface area contributed by atoms with Crippen molar-refractivity contribution in [3.05, 3.63) is 41.2 Å². The zero-order valence-corrected chi connectivity index (χ0v) is 11.6. The summed E-state index contributed by atoms with van der Waals surface area (Å²) in [5.41, 5.74) is 1.37. The van der Waals surface area contributed by atoms with Gasteiger partial charge in [-0.05, 0) is 18.1 Å². The lowest BCUT2D eigenvalue weighted by Crippen LogP contribution is -2.28. The third-order valence-corrected chi connectivity index (χ3v) is 4.09. The van der Waals surface area contributed by atoms with E-state index in [0.717, 1.165) is 5.56 Å². The largest absolute Gasteiger partial charge is 0.392 e. The number of nitrogens with one attached hydrogen (secondary N) is 2. The van der Waals surface area contributed by atoms with Crippen LogP contribution < -0.4 is 4.72 Å². The number of aromatic nitrogens is 4. The Balaban J connectivity index is 2.03. The molecule has 0 amide bonds. The molecule has 1 atom stereocenters. The lowest BCUT2D eigenvalue weighted by Gasteiger charge is -2.11. The smallest absolute Gasteiger partial charge is 0.216 e. The maximum absolute atomic E-state index is 12.0. The number of nitrogens with zero attached hydrogens (tertiary/aromatic N) is 3. The van der Waals surface area contributed by atoms with Crippen LogP contribution in [-0.4, -0.2) is 34.1 Å². The van der Waals surface area contributed by atoms with Crippen LogP contribution >= 0.6 is 0 Å². The maximum Gasteiger partial charge on any atom is 0.216 e. The van der Waals surface area contributed by atoms with Crippen LogP contribution in [0.4, 0.5) is 0 Å². The van der Waals surface area contributed by atoms with E-state index < -0.39 is 16.1 Å². The normalized spacial score (nSPS) is 13.3. The number of sulfonamides is 1. The molecule has 2 rings (SSSR count). The lowest BCUT2D eigenvalue weighted by molar-refractivity contribution is 0.282. The van der Waals surface area contributed by atoms with Gasteiger partial charge < -0.3 is 5.11 Å². The van der Waals surface area contributed by atoms with Crippen molar-refractivity contribution in [1.82, 2.24) is 25.3 Å². The van der Waals surface area contributed by atoms with Gasteiger partial charge in [-0.2, -0.15) is 5.21 Å². The average molecular weight is 297 g/mol. The summed E-state index contributed by atoms with van der Waals surface area (Å²) in [6.45, 7) is 1.57. The molecule has 9 heteroatoms. The highest BCUT2D eigenvalue weighted by Crippen LogP contribution is 2.11. The first kappa shape index (κ1) is 14.6. The molecule has 1 aromatic heterocycles. The fourth-order valence-corrected chi connectivity index (χ4v) is 3.04. The van der Waals surface area contributed by atoms with Crippen molar-refractivity contribution >= 4 is 10.0 Å². The van der Waals surface area contributed by atoms with Crippen molar-refractivity contribution in [2.75, 3.05) is 0 Å². The number of aliphatic hydroxyl groups excluding tert-OH is 1. The van der Waals surface area contributed by atoms with Crippen LogP contribution in [0.3, 0.4) is 0 Å². The first-order chi connectivity index (χ1) is 9.50. The van der Waals surface area contributed by atoms with E-state index in [1.54, 1.807) is 31.2 Å². The fourth-order valence-electron chi connectivity index (χ4n) is 1.68. The van der Waals surface area contributed by atoms with E-state index in [0.29, 0.717) is 5.56 Å². The Morgan fingerprint density at radius 1 is 1.30 bits per heavy atom. The van der Waals surface area contributed by atoms with E-state index in [4.69, 9.17) is 5.11 Å². The standard InChI is InChI=1S/C11H15N5O3S/c1-8(11-12-15-16-13-11)14-20(18,19)7-10-4-2-9(6-17)3-5-10/h2-5,8,14,17H,6-7H2,1H3,(H,12,13,15,16). The summed E-state index contributed by atoms with van der Waals surface area (Å²) in [5.74, 6) is 0.130. The summed E-state index contributed by atoms with van der Waals surface area (Å²) in [6.07, 6.45) is 0. The molecule has 0 spiro atoms. The zero-order chi connectivity index (χ0) is 14.6. The lowest BCUT2D eigenvalue weighted by atomic mass is 10.2. The van der Waals surface area contributed by atoms with Crippen molar-refractivity contribution in [2.24, 2.45) is 0 Å². The van der Waals surface area contributed by atoms with Gasteiger partial charge in [0.2, 0.25) is 10.0 Å². The minimum absolute atomic E-state index is 0.0693. The van der Waals surface area contributed by atoms with Gasteiger partial charge in [-0.3, -0.25) is 0 Å². The van der Waals surface area contributed by atoms with Crippen molar-refractivity contribution in [3.8, 4) is 0 Å². The van der Waals surface area contributed by atoms with Crippen LogP contribution in [0, 0.1) is 0 Å². The van der Waals surface area contributed by atoms with Gasteiger partial charge in [0.15, 0.2) is 5.82 Å². The van der Waals surface area contributed by atoms with Gasteiger partial charge in [-0.15, -0.1) is 10.2 Å². The van der Waals surface area contributed by atoms with Crippen LogP contribution in [0.2, 0.25) is 0 Å². The van der Waals surface area contributed by atoms with E-state index in [1.165, 1.54) is 0 Å². The highest BCUT2D eigenvalue weighted by atomic mass is 32.2. The van der Waals surface area contributed by atoms with Crippen LogP contribution in [0.25, 0.3) is 0 Å². The number of benzene rings is 1. The minimum Gasteiger partial charge on any atom is -0.392 e. The number of rotatable bonds is 6. The first-order valence-corrected chi connectivity index (χ1v) is 7.57. The summed E-state index contributed by atoms with van der Waals surface area (Å²) >= 11 is 0. The van der Waals surface area contributed by atoms with Gasteiger partial charge in [-0.25, -0.2) is 13.1 Å². The summed E-state index contributed by atoms with van der Waals surface area (Å²) in [5, 5.41) is 22.0. The molecule has 1 heterocycles. The van der Waals surface area contributed by atoms with Crippen LogP contribution in [0.1, 0.15) is 29.9 Å². The second kappa shape index (κ2) is 6.07. The molecule has 0 fully saturated rings. The summed E-state index contributed by atoms with van der Waals surface area (Å²) < 4.78 is 26.5. The van der Waals surface area contributed by atoms with Crippen LogP contribution in [-0.2, 0) is 22.4 Å². The Hall–Kier alpha value is -1.84. The molecule has 0 radical (unpaired) electrons. The Morgan fingerprint density at radius 3 is 2.50 bits per heavy atom. The van der Waals surface area contributed by atoms with Crippen molar-refractivity contribution < 1.29 is 13.5 Å². The van der Waals surface area contributed by atoms with Gasteiger partial charge in [0, 0.05) is 0 Å². The molecule has 20 heavy (non-hydrogen) atoms. The third kappa shape index (κ3) is 3.83. The third-order valence-electron chi connectivity index (χ3n) is 2.67. The number of H-pyrrole nitrogens is 1. The highest BCUT2D eigenvalue weighted by molar-refractivity contribution is 7.88. The molecule has 0 bridgehead atoms. The zero-order valence-electron chi connectivity index (χ0n) is 10.8. The molecule has 0 saturated carbocycles. The predicted molar refractivity (Wildman–Crippen MR) is 70.7 cm³/mol. The molecular weight excluding hydrogens is 282 g/mol. The van der Waals surface area contributed by atoms with Gasteiger partial charge in [0.05, 0.1) is 18.4 Å². The number of hydrogen-bond donors (Lipinski definition) is 3. The molecule has 0 aliphatic carbocycles. The van der Waals surface area contributed by atoms with Crippen molar-refractivity contribution in [1.29, 1.82) is 0 Å². The molecule has 0 aliphatic heterocycles. The summed E-state index contributed by atoms with van der Waals surface area (Å²) in [4.78, 5) is 0. The first-order valence-electron chi connectivity index (χ1n) is 5.92. The minimum atomic E-state index is -3.51. The molecule has 2 aromatic rings. The van der Waals surface area contributed by atoms with E-state index in [2.05, 4.69) is 25.3 Å². The molecule has 0 saturated heterocycles. The van der Waals surface area contributed by atoms with Crippen LogP contribution in [0.5, 0.6) is 0 Å². The Labute approximate surface area is 116 Å². The highest BCUT2D eigenvalue weighted by Gasteiger charge is 2.19. The molecule has 3 N–H and O–H groups in total. The fraction of sp³-hybridized carbons (Fsp3) is 0.364. The van der Waals surface area contributed by atoms with E-state index in [9.17, 15) is 8.42 Å². The van der Waals surface area contributed by atoms with E-state index in [1.807, 2.05) is 0 Å². The second-order valence-corrected chi connectivity index (χ2v) is 6.10. The SMILES string of the molecule is CC(NS(=O)(=O)Cc1ccc(CO)cc1)c1nn[nH]n1. The predicted octanol–water partition coefficient (Wildman–Crippen LogP) is -0.127. The monoisotopic (exact) mass is 297 g/mol. The molecular formula is C11H15N5O3S. The quantitative estimate of drug-likeness (QED) is 0.683. The van der Waals surface area contributed by atoms with Gasteiger partial charge in [0.25, 0.3) is 0 Å². The Bertz CT molecular complexity index is 639. The molecule has 0 aliphatic rings. The van der Waals surface area contributed by atoms with Gasteiger partial charge in [0.1, 0.15) is 0 Å². The number of aromatic amines is 1.